The minimum absolute atomic E-state index is 0.321. The molecule has 4 nitrogen and oxygen atoms in total. The van der Waals surface area contributed by atoms with Gasteiger partial charge in [0.25, 0.3) is 0 Å². The van der Waals surface area contributed by atoms with E-state index in [1.807, 2.05) is 66.5 Å². The molecular weight excluding hydrogens is 276 g/mol. The summed E-state index contributed by atoms with van der Waals surface area (Å²) in [5, 5.41) is 0. The minimum atomic E-state index is -0.321. The maximum Gasteiger partial charge on any atom is 0.355 e. The first-order chi connectivity index (χ1) is 10.7. The highest BCUT2D eigenvalue weighted by Gasteiger charge is 2.18. The predicted molar refractivity (Wildman–Crippen MR) is 86.2 cm³/mol. The lowest BCUT2D eigenvalue weighted by Gasteiger charge is -2.04. The van der Waals surface area contributed by atoms with E-state index in [-0.39, 0.29) is 5.97 Å². The Labute approximate surface area is 129 Å². The number of benzene rings is 1. The van der Waals surface area contributed by atoms with Crippen LogP contribution in [0.25, 0.3) is 16.8 Å². The van der Waals surface area contributed by atoms with Crippen LogP contribution in [-0.2, 0) is 4.74 Å². The normalized spacial score (nSPS) is 10.6. The fraction of sp³-hybridized carbons (Fsp3) is 0.167. The van der Waals surface area contributed by atoms with Gasteiger partial charge in [-0.3, -0.25) is 0 Å². The van der Waals surface area contributed by atoms with Gasteiger partial charge >= 0.3 is 5.97 Å². The van der Waals surface area contributed by atoms with Crippen molar-refractivity contribution in [2.45, 2.75) is 13.8 Å². The zero-order valence-corrected chi connectivity index (χ0v) is 12.7. The molecule has 0 fully saturated rings. The van der Waals surface area contributed by atoms with E-state index in [0.717, 1.165) is 22.4 Å². The molecule has 4 heteroatoms. The number of nitrogens with zero attached hydrogens (tertiary/aromatic N) is 1. The molecule has 112 valence electrons. The van der Waals surface area contributed by atoms with Gasteiger partial charge < -0.3 is 14.3 Å². The topological polar surface area (TPSA) is 47.0 Å². The Balaban J connectivity index is 2.01. The molecule has 0 radical (unpaired) electrons. The van der Waals surface area contributed by atoms with Gasteiger partial charge in [-0.15, -0.1) is 0 Å². The van der Waals surface area contributed by atoms with Gasteiger partial charge in [-0.2, -0.15) is 0 Å². The third-order valence-corrected chi connectivity index (χ3v) is 3.59. The number of aromatic nitrogens is 2. The molecule has 2 aromatic heterocycles. The summed E-state index contributed by atoms with van der Waals surface area (Å²) < 4.78 is 7.16. The molecule has 0 atom stereocenters. The molecule has 3 aromatic rings. The number of carbonyl (C=O) groups is 1. The summed E-state index contributed by atoms with van der Waals surface area (Å²) in [4.78, 5) is 15.1. The Kier molecular flexibility index (Phi) is 3.83. The van der Waals surface area contributed by atoms with Crippen molar-refractivity contribution in [2.75, 3.05) is 6.61 Å². The lowest BCUT2D eigenvalue weighted by molar-refractivity contribution is 0.0521. The average Bonchev–Trinajstić information content (AvgIpc) is 3.15. The van der Waals surface area contributed by atoms with Crippen molar-refractivity contribution < 1.29 is 9.53 Å². The zero-order valence-electron chi connectivity index (χ0n) is 12.7. The summed E-state index contributed by atoms with van der Waals surface area (Å²) >= 11 is 0. The van der Waals surface area contributed by atoms with Crippen molar-refractivity contribution in [1.29, 1.82) is 0 Å². The molecule has 0 unspecified atom stereocenters. The summed E-state index contributed by atoms with van der Waals surface area (Å²) in [6.45, 7) is 4.15. The predicted octanol–water partition coefficient (Wildman–Crippen LogP) is 3.96. The van der Waals surface area contributed by atoms with Crippen LogP contribution >= 0.6 is 0 Å². The SMILES string of the molecule is CCOC(=O)c1[nH]cc(C)c1-c1ccn(-c2ccccc2)c1. The molecule has 22 heavy (non-hydrogen) atoms. The third-order valence-electron chi connectivity index (χ3n) is 3.59. The summed E-state index contributed by atoms with van der Waals surface area (Å²) in [5.41, 5.74) is 4.50. The third kappa shape index (κ3) is 2.55. The van der Waals surface area contributed by atoms with Crippen LogP contribution in [0.4, 0.5) is 0 Å². The van der Waals surface area contributed by atoms with E-state index < -0.39 is 0 Å². The summed E-state index contributed by atoms with van der Waals surface area (Å²) in [6, 6.07) is 12.1. The van der Waals surface area contributed by atoms with E-state index in [1.54, 1.807) is 6.92 Å². The molecule has 0 aliphatic carbocycles. The number of esters is 1. The van der Waals surface area contributed by atoms with Crippen molar-refractivity contribution in [3.63, 3.8) is 0 Å². The van der Waals surface area contributed by atoms with Crippen molar-refractivity contribution >= 4 is 5.97 Å². The van der Waals surface area contributed by atoms with Crippen LogP contribution in [0.3, 0.4) is 0 Å². The number of para-hydroxylation sites is 1. The molecule has 2 heterocycles. The van der Waals surface area contributed by atoms with Gasteiger partial charge in [-0.05, 0) is 37.6 Å². The lowest BCUT2D eigenvalue weighted by atomic mass is 10.1. The van der Waals surface area contributed by atoms with Gasteiger partial charge in [0.2, 0.25) is 0 Å². The first-order valence-corrected chi connectivity index (χ1v) is 7.29. The van der Waals surface area contributed by atoms with Gasteiger partial charge in [0.05, 0.1) is 6.61 Å². The summed E-state index contributed by atoms with van der Waals surface area (Å²) in [6.07, 6.45) is 5.85. The number of carbonyl (C=O) groups excluding carboxylic acids is 1. The number of ether oxygens (including phenoxy) is 1. The van der Waals surface area contributed by atoms with Crippen LogP contribution in [0.1, 0.15) is 23.0 Å². The zero-order chi connectivity index (χ0) is 15.5. The largest absolute Gasteiger partial charge is 0.461 e. The summed E-state index contributed by atoms with van der Waals surface area (Å²) in [5.74, 6) is -0.321. The van der Waals surface area contributed by atoms with Crippen LogP contribution in [0, 0.1) is 6.92 Å². The Morgan fingerprint density at radius 3 is 2.73 bits per heavy atom. The maximum absolute atomic E-state index is 12.1. The van der Waals surface area contributed by atoms with Gasteiger partial charge in [0.15, 0.2) is 0 Å². The van der Waals surface area contributed by atoms with E-state index in [9.17, 15) is 4.79 Å². The molecule has 0 amide bonds. The number of hydrogen-bond donors (Lipinski definition) is 1. The Bertz CT molecular complexity index is 785. The smallest absolute Gasteiger partial charge is 0.355 e. The van der Waals surface area contributed by atoms with Crippen LogP contribution in [0.5, 0.6) is 0 Å². The number of aromatic amines is 1. The quantitative estimate of drug-likeness (QED) is 0.740. The van der Waals surface area contributed by atoms with E-state index >= 15 is 0 Å². The van der Waals surface area contributed by atoms with E-state index in [4.69, 9.17) is 4.74 Å². The van der Waals surface area contributed by atoms with Gasteiger partial charge in [-0.25, -0.2) is 4.79 Å². The minimum Gasteiger partial charge on any atom is -0.461 e. The second kappa shape index (κ2) is 5.93. The molecule has 1 N–H and O–H groups in total. The molecule has 0 spiro atoms. The van der Waals surface area contributed by atoms with Gasteiger partial charge in [-0.1, -0.05) is 18.2 Å². The molecule has 0 bridgehead atoms. The Morgan fingerprint density at radius 2 is 2.00 bits per heavy atom. The Morgan fingerprint density at radius 1 is 1.23 bits per heavy atom. The van der Waals surface area contributed by atoms with Crippen LogP contribution < -0.4 is 0 Å². The highest BCUT2D eigenvalue weighted by molar-refractivity contribution is 5.96. The number of rotatable bonds is 4. The highest BCUT2D eigenvalue weighted by atomic mass is 16.5. The maximum atomic E-state index is 12.1. The highest BCUT2D eigenvalue weighted by Crippen LogP contribution is 2.29. The number of hydrogen-bond acceptors (Lipinski definition) is 2. The van der Waals surface area contributed by atoms with E-state index in [2.05, 4.69) is 4.98 Å². The fourth-order valence-corrected chi connectivity index (χ4v) is 2.56. The lowest BCUT2D eigenvalue weighted by Crippen LogP contribution is -2.06. The first kappa shape index (κ1) is 14.2. The van der Waals surface area contributed by atoms with Gasteiger partial charge in [0, 0.05) is 35.4 Å². The second-order valence-corrected chi connectivity index (χ2v) is 5.09. The molecule has 0 saturated heterocycles. The van der Waals surface area contributed by atoms with E-state index in [1.165, 1.54) is 0 Å². The van der Waals surface area contributed by atoms with Crippen LogP contribution in [0.2, 0.25) is 0 Å². The first-order valence-electron chi connectivity index (χ1n) is 7.29. The number of H-pyrrole nitrogens is 1. The molecule has 3 rings (SSSR count). The van der Waals surface area contributed by atoms with Crippen LogP contribution in [0.15, 0.2) is 55.0 Å². The molecular formula is C18H18N2O2. The average molecular weight is 294 g/mol. The molecule has 0 saturated carbocycles. The number of aryl methyl sites for hydroxylation is 1. The monoisotopic (exact) mass is 294 g/mol. The van der Waals surface area contributed by atoms with Gasteiger partial charge in [0.1, 0.15) is 5.69 Å². The molecule has 0 aliphatic heterocycles. The molecule has 0 aliphatic rings. The Hall–Kier alpha value is -2.75. The fourth-order valence-electron chi connectivity index (χ4n) is 2.56. The van der Waals surface area contributed by atoms with E-state index in [0.29, 0.717) is 12.3 Å². The standard InChI is InChI=1S/C18H18N2O2/c1-3-22-18(21)17-16(13(2)11-19-17)14-9-10-20(12-14)15-7-5-4-6-8-15/h4-12,19H,3H2,1-2H3. The second-order valence-electron chi connectivity index (χ2n) is 5.09. The molecule has 1 aromatic carbocycles. The van der Waals surface area contributed by atoms with Crippen molar-refractivity contribution in [3.8, 4) is 16.8 Å². The van der Waals surface area contributed by atoms with Crippen molar-refractivity contribution in [2.24, 2.45) is 0 Å². The number of nitrogens with one attached hydrogen (secondary N) is 1. The summed E-state index contributed by atoms with van der Waals surface area (Å²) in [7, 11) is 0. The van der Waals surface area contributed by atoms with Crippen molar-refractivity contribution in [1.82, 2.24) is 9.55 Å². The van der Waals surface area contributed by atoms with Crippen molar-refractivity contribution in [3.05, 3.63) is 66.2 Å². The van der Waals surface area contributed by atoms with Crippen LogP contribution in [-0.4, -0.2) is 22.1 Å².